The Kier molecular flexibility index (Phi) is 2.86. The van der Waals surface area contributed by atoms with E-state index in [0.29, 0.717) is 0 Å². The quantitative estimate of drug-likeness (QED) is 0.787. The number of ether oxygens (including phenoxy) is 2. The van der Waals surface area contributed by atoms with Crippen molar-refractivity contribution in [2.45, 2.75) is 0 Å². The monoisotopic (exact) mass is 216 g/mol. The van der Waals surface area contributed by atoms with E-state index in [9.17, 15) is 0 Å². The summed E-state index contributed by atoms with van der Waals surface area (Å²) in [7, 11) is 5.26. The second-order valence-electron chi connectivity index (χ2n) is 3.47. The first kappa shape index (κ1) is 10.6. The van der Waals surface area contributed by atoms with E-state index in [2.05, 4.69) is 6.20 Å². The molecule has 1 aromatic carbocycles. The van der Waals surface area contributed by atoms with E-state index < -0.39 is 0 Å². The van der Waals surface area contributed by atoms with E-state index in [0.717, 1.165) is 22.8 Å². The maximum absolute atomic E-state index is 5.36. The van der Waals surface area contributed by atoms with Crippen LogP contribution in [0.5, 0.6) is 11.5 Å². The summed E-state index contributed by atoms with van der Waals surface area (Å²) in [6.45, 7) is 0. The predicted molar refractivity (Wildman–Crippen MR) is 62.8 cm³/mol. The van der Waals surface area contributed by atoms with Gasteiger partial charge < -0.3 is 14.0 Å². The van der Waals surface area contributed by atoms with E-state index >= 15 is 0 Å². The molecule has 0 spiro atoms. The van der Waals surface area contributed by atoms with Crippen LogP contribution in [-0.4, -0.2) is 18.8 Å². The third kappa shape index (κ3) is 1.76. The fraction of sp³-hybridized carbons (Fsp3) is 0.231. The third-order valence-electron chi connectivity index (χ3n) is 2.56. The Morgan fingerprint density at radius 1 is 1.12 bits per heavy atom. The van der Waals surface area contributed by atoms with Crippen molar-refractivity contribution < 1.29 is 9.47 Å². The average Bonchev–Trinajstić information content (AvgIpc) is 2.74. The minimum atomic E-state index is 0.791. The number of hydrogen-bond acceptors (Lipinski definition) is 2. The molecule has 3 nitrogen and oxygen atoms in total. The molecule has 0 fully saturated rings. The number of aromatic nitrogens is 1. The molecule has 0 unspecified atom stereocenters. The molecule has 0 atom stereocenters. The molecule has 0 amide bonds. The van der Waals surface area contributed by atoms with Gasteiger partial charge in [0.2, 0.25) is 0 Å². The van der Waals surface area contributed by atoms with Crippen LogP contribution < -0.4 is 9.47 Å². The lowest BCUT2D eigenvalue weighted by Gasteiger charge is -2.10. The zero-order valence-corrected chi connectivity index (χ0v) is 9.65. The third-order valence-corrected chi connectivity index (χ3v) is 2.56. The molecule has 2 rings (SSSR count). The Hall–Kier alpha value is -1.90. The second kappa shape index (κ2) is 4.31. The Balaban J connectivity index is 2.53. The zero-order valence-electron chi connectivity index (χ0n) is 9.65. The summed E-state index contributed by atoms with van der Waals surface area (Å²) in [6, 6.07) is 9.68. The molecule has 0 saturated heterocycles. The van der Waals surface area contributed by atoms with Crippen LogP contribution in [0.1, 0.15) is 0 Å². The molecule has 0 aliphatic rings. The van der Waals surface area contributed by atoms with Crippen molar-refractivity contribution in [3.05, 3.63) is 36.5 Å². The Morgan fingerprint density at radius 2 is 1.94 bits per heavy atom. The first-order valence-electron chi connectivity index (χ1n) is 5.02. The average molecular weight is 216 g/mol. The summed E-state index contributed by atoms with van der Waals surface area (Å²) in [5.41, 5.74) is 2.10. The lowest BCUT2D eigenvalue weighted by Crippen LogP contribution is -1.94. The van der Waals surface area contributed by atoms with Crippen LogP contribution in [0.2, 0.25) is 0 Å². The number of aryl methyl sites for hydroxylation is 1. The van der Waals surface area contributed by atoms with E-state index in [1.165, 1.54) is 0 Å². The topological polar surface area (TPSA) is 23.4 Å². The van der Waals surface area contributed by atoms with E-state index in [1.54, 1.807) is 14.2 Å². The highest BCUT2D eigenvalue weighted by Gasteiger charge is 2.09. The van der Waals surface area contributed by atoms with Crippen LogP contribution >= 0.6 is 0 Å². The van der Waals surface area contributed by atoms with Gasteiger partial charge >= 0.3 is 0 Å². The molecule has 83 valence electrons. The summed E-state index contributed by atoms with van der Waals surface area (Å²) in [5.74, 6) is 1.59. The van der Waals surface area contributed by atoms with Crippen LogP contribution in [-0.2, 0) is 7.05 Å². The van der Waals surface area contributed by atoms with Crippen molar-refractivity contribution >= 4 is 0 Å². The predicted octanol–water partition coefficient (Wildman–Crippen LogP) is 2.51. The Labute approximate surface area is 95.2 Å². The van der Waals surface area contributed by atoms with Gasteiger partial charge in [-0.2, -0.15) is 0 Å². The number of rotatable bonds is 3. The van der Waals surface area contributed by atoms with Crippen molar-refractivity contribution in [2.24, 2.45) is 7.05 Å². The van der Waals surface area contributed by atoms with Crippen LogP contribution in [0.25, 0.3) is 11.3 Å². The summed E-state index contributed by atoms with van der Waals surface area (Å²) in [6.07, 6.45) is 3.08. The summed E-state index contributed by atoms with van der Waals surface area (Å²) < 4.78 is 12.5. The van der Waals surface area contributed by atoms with Gasteiger partial charge in [0.15, 0.2) is 0 Å². The van der Waals surface area contributed by atoms with Crippen LogP contribution in [0.3, 0.4) is 0 Å². The number of benzene rings is 1. The fourth-order valence-corrected chi connectivity index (χ4v) is 1.69. The Bertz CT molecular complexity index is 488. The number of hydrogen-bond donors (Lipinski definition) is 0. The van der Waals surface area contributed by atoms with Gasteiger partial charge in [-0.05, 0) is 24.3 Å². The van der Waals surface area contributed by atoms with Gasteiger partial charge in [-0.3, -0.25) is 0 Å². The van der Waals surface area contributed by atoms with E-state index in [1.807, 2.05) is 41.9 Å². The van der Waals surface area contributed by atoms with Gasteiger partial charge in [-0.15, -0.1) is 0 Å². The fourth-order valence-electron chi connectivity index (χ4n) is 1.69. The minimum absolute atomic E-state index is 0.791. The molecule has 16 heavy (non-hydrogen) atoms. The smallest absolute Gasteiger partial charge is 0.131 e. The first-order chi connectivity index (χ1) is 7.76. The summed E-state index contributed by atoms with van der Waals surface area (Å²) in [4.78, 5) is 0. The highest BCUT2D eigenvalue weighted by atomic mass is 16.5. The van der Waals surface area contributed by atoms with Crippen LogP contribution in [0.15, 0.2) is 30.3 Å². The second-order valence-corrected chi connectivity index (χ2v) is 3.47. The molecule has 0 aliphatic carbocycles. The van der Waals surface area contributed by atoms with Crippen LogP contribution in [0.4, 0.5) is 0 Å². The zero-order chi connectivity index (χ0) is 11.5. The maximum Gasteiger partial charge on any atom is 0.131 e. The summed E-state index contributed by atoms with van der Waals surface area (Å²) >= 11 is 0. The van der Waals surface area contributed by atoms with Gasteiger partial charge in [0.1, 0.15) is 11.5 Å². The van der Waals surface area contributed by atoms with Gasteiger partial charge in [0.25, 0.3) is 0 Å². The van der Waals surface area contributed by atoms with Crippen LogP contribution in [0, 0.1) is 6.20 Å². The van der Waals surface area contributed by atoms with Crippen molar-refractivity contribution in [3.8, 4) is 22.8 Å². The molecule has 0 bridgehead atoms. The van der Waals surface area contributed by atoms with E-state index in [-0.39, 0.29) is 0 Å². The van der Waals surface area contributed by atoms with Crippen molar-refractivity contribution in [2.75, 3.05) is 14.2 Å². The van der Waals surface area contributed by atoms with Crippen molar-refractivity contribution in [1.29, 1.82) is 0 Å². The lowest BCUT2D eigenvalue weighted by molar-refractivity contribution is 0.395. The molecular formula is C13H14NO2. The first-order valence-corrected chi connectivity index (χ1v) is 5.02. The largest absolute Gasteiger partial charge is 0.497 e. The molecule has 1 aromatic heterocycles. The van der Waals surface area contributed by atoms with Gasteiger partial charge in [-0.25, -0.2) is 0 Å². The van der Waals surface area contributed by atoms with Crippen molar-refractivity contribution in [3.63, 3.8) is 0 Å². The van der Waals surface area contributed by atoms with Crippen molar-refractivity contribution in [1.82, 2.24) is 4.57 Å². The number of methoxy groups -OCH3 is 2. The molecule has 2 aromatic rings. The standard InChI is InChI=1S/C13H14NO2/c1-14-8-4-5-12(14)11-7-6-10(15-2)9-13(11)16-3/h4-7,9H,1-3H3. The highest BCUT2D eigenvalue weighted by Crippen LogP contribution is 2.32. The molecule has 0 saturated carbocycles. The highest BCUT2D eigenvalue weighted by molar-refractivity contribution is 5.69. The molecule has 1 radical (unpaired) electrons. The minimum Gasteiger partial charge on any atom is -0.497 e. The van der Waals surface area contributed by atoms with Gasteiger partial charge in [0, 0.05) is 18.7 Å². The maximum atomic E-state index is 5.36. The molecular weight excluding hydrogens is 202 g/mol. The SMILES string of the molecule is COc1ccc(-c2cc[c]n2C)c(OC)c1. The molecule has 3 heteroatoms. The normalized spacial score (nSPS) is 10.2. The molecule has 0 N–H and O–H groups in total. The Morgan fingerprint density at radius 3 is 2.50 bits per heavy atom. The van der Waals surface area contributed by atoms with Gasteiger partial charge in [-0.1, -0.05) is 0 Å². The lowest BCUT2D eigenvalue weighted by atomic mass is 10.1. The van der Waals surface area contributed by atoms with E-state index in [4.69, 9.17) is 9.47 Å². The van der Waals surface area contributed by atoms with Gasteiger partial charge in [0.05, 0.1) is 26.1 Å². The molecule has 0 aliphatic heterocycles. The number of nitrogens with zero attached hydrogens (tertiary/aromatic N) is 1. The summed E-state index contributed by atoms with van der Waals surface area (Å²) in [5, 5.41) is 0. The molecule has 1 heterocycles.